The average molecular weight is 517 g/mol. The second kappa shape index (κ2) is 9.93. The summed E-state index contributed by atoms with van der Waals surface area (Å²) in [5.74, 6) is 0.270. The minimum absolute atomic E-state index is 0.0161. The van der Waals surface area contributed by atoms with Crippen molar-refractivity contribution in [1.82, 2.24) is 0 Å². The van der Waals surface area contributed by atoms with Crippen molar-refractivity contribution in [3.8, 4) is 34.5 Å². The molecule has 194 valence electrons. The molecule has 0 amide bonds. The minimum atomic E-state index is -0.552. The number of carbonyl (C=O) groups excluding carboxylic acids is 3. The Labute approximate surface area is 218 Å². The minimum Gasteiger partial charge on any atom is -0.497 e. The number of hydrogen-bond acceptors (Lipinski definition) is 9. The zero-order valence-corrected chi connectivity index (χ0v) is 21.2. The van der Waals surface area contributed by atoms with Crippen LogP contribution in [-0.4, -0.2) is 39.1 Å². The summed E-state index contributed by atoms with van der Waals surface area (Å²) in [6.45, 7) is 1.27. The van der Waals surface area contributed by atoms with E-state index in [4.69, 9.17) is 28.4 Å². The second-order valence-electron chi connectivity index (χ2n) is 8.65. The fourth-order valence-corrected chi connectivity index (χ4v) is 4.59. The highest BCUT2D eigenvalue weighted by molar-refractivity contribution is 6.15. The highest BCUT2D eigenvalue weighted by atomic mass is 16.6. The number of carbonyl (C=O) groups is 3. The molecule has 2 aliphatic rings. The van der Waals surface area contributed by atoms with Crippen LogP contribution >= 0.6 is 0 Å². The van der Waals surface area contributed by atoms with Crippen molar-refractivity contribution in [1.29, 1.82) is 0 Å². The molecule has 3 aromatic rings. The number of rotatable bonds is 6. The SMILES string of the molecule is COc1ccc(/C=C2\Oc3c(ccc4c3[C@@H](c3cc(OC)c(OC(C)=O)c(OC)c3)CC(=O)O4)C2=O)cc1. The van der Waals surface area contributed by atoms with Gasteiger partial charge in [-0.1, -0.05) is 12.1 Å². The smallest absolute Gasteiger partial charge is 0.312 e. The summed E-state index contributed by atoms with van der Waals surface area (Å²) in [6.07, 6.45) is 1.63. The topological polar surface area (TPSA) is 107 Å². The van der Waals surface area contributed by atoms with Crippen molar-refractivity contribution in [3.63, 3.8) is 0 Å². The van der Waals surface area contributed by atoms with Gasteiger partial charge in [0.1, 0.15) is 17.2 Å². The van der Waals surface area contributed by atoms with E-state index in [0.29, 0.717) is 33.9 Å². The van der Waals surface area contributed by atoms with Gasteiger partial charge in [-0.3, -0.25) is 14.4 Å². The summed E-state index contributed by atoms with van der Waals surface area (Å²) in [7, 11) is 4.45. The summed E-state index contributed by atoms with van der Waals surface area (Å²) in [6, 6.07) is 13.7. The van der Waals surface area contributed by atoms with Crippen LogP contribution < -0.4 is 28.4 Å². The van der Waals surface area contributed by atoms with Crippen molar-refractivity contribution in [2.24, 2.45) is 0 Å². The number of esters is 2. The van der Waals surface area contributed by atoms with Gasteiger partial charge in [0.25, 0.3) is 0 Å². The third-order valence-electron chi connectivity index (χ3n) is 6.32. The number of benzene rings is 3. The normalized spacial score (nSPS) is 16.7. The Morgan fingerprint density at radius 3 is 2.21 bits per heavy atom. The Kier molecular flexibility index (Phi) is 6.50. The number of allylic oxidation sites excluding steroid dienone is 1. The number of fused-ring (bicyclic) bond motifs is 3. The van der Waals surface area contributed by atoms with Crippen LogP contribution in [0.1, 0.15) is 46.3 Å². The van der Waals surface area contributed by atoms with Gasteiger partial charge in [-0.15, -0.1) is 0 Å². The van der Waals surface area contributed by atoms with Gasteiger partial charge in [0.05, 0.1) is 33.3 Å². The average Bonchev–Trinajstić information content (AvgIpc) is 3.23. The lowest BCUT2D eigenvalue weighted by Gasteiger charge is -2.27. The standard InChI is InChI=1S/C29H24O9/c1-15(30)36-29-23(34-3)12-17(13-24(29)35-4)20-14-25(31)37-21-10-9-19-27(32)22(38-28(19)26(20)21)11-16-5-7-18(33-2)8-6-16/h5-13,20H,14H2,1-4H3/b22-11-/t20-/m1/s1. The van der Waals surface area contributed by atoms with Gasteiger partial charge in [-0.25, -0.2) is 0 Å². The van der Waals surface area contributed by atoms with Crippen molar-refractivity contribution < 1.29 is 42.8 Å². The van der Waals surface area contributed by atoms with Gasteiger partial charge < -0.3 is 28.4 Å². The summed E-state index contributed by atoms with van der Waals surface area (Å²) >= 11 is 0. The molecule has 9 heteroatoms. The van der Waals surface area contributed by atoms with Crippen LogP contribution in [0.3, 0.4) is 0 Å². The molecule has 0 radical (unpaired) electrons. The van der Waals surface area contributed by atoms with E-state index in [2.05, 4.69) is 0 Å². The maximum absolute atomic E-state index is 13.3. The van der Waals surface area contributed by atoms with E-state index in [1.165, 1.54) is 21.1 Å². The largest absolute Gasteiger partial charge is 0.497 e. The Morgan fingerprint density at radius 1 is 0.921 bits per heavy atom. The molecule has 5 rings (SSSR count). The van der Waals surface area contributed by atoms with Gasteiger partial charge in [0, 0.05) is 18.4 Å². The van der Waals surface area contributed by atoms with Crippen LogP contribution in [0.5, 0.6) is 34.5 Å². The van der Waals surface area contributed by atoms with Gasteiger partial charge >= 0.3 is 11.9 Å². The molecule has 0 fully saturated rings. The molecular formula is C29H24O9. The van der Waals surface area contributed by atoms with E-state index < -0.39 is 17.9 Å². The molecule has 2 heterocycles. The highest BCUT2D eigenvalue weighted by Gasteiger charge is 2.39. The molecule has 0 aromatic heterocycles. The molecule has 1 atom stereocenters. The molecular weight excluding hydrogens is 492 g/mol. The van der Waals surface area contributed by atoms with E-state index in [1.54, 1.807) is 49.6 Å². The van der Waals surface area contributed by atoms with Crippen LogP contribution in [-0.2, 0) is 9.59 Å². The zero-order chi connectivity index (χ0) is 27.0. The zero-order valence-electron chi connectivity index (χ0n) is 21.2. The van der Waals surface area contributed by atoms with E-state index in [9.17, 15) is 14.4 Å². The first-order valence-corrected chi connectivity index (χ1v) is 11.7. The first kappa shape index (κ1) is 24.9. The lowest BCUT2D eigenvalue weighted by molar-refractivity contribution is -0.135. The molecule has 0 saturated heterocycles. The fraction of sp³-hybridized carbons (Fsp3) is 0.207. The van der Waals surface area contributed by atoms with Crippen molar-refractivity contribution in [2.45, 2.75) is 19.3 Å². The molecule has 0 spiro atoms. The third-order valence-corrected chi connectivity index (χ3v) is 6.32. The number of methoxy groups -OCH3 is 3. The second-order valence-corrected chi connectivity index (χ2v) is 8.65. The Morgan fingerprint density at radius 2 is 1.61 bits per heavy atom. The summed E-state index contributed by atoms with van der Waals surface area (Å²) in [5, 5.41) is 0. The lowest BCUT2D eigenvalue weighted by atomic mass is 9.84. The van der Waals surface area contributed by atoms with Gasteiger partial charge in [-0.05, 0) is 53.6 Å². The van der Waals surface area contributed by atoms with E-state index in [-0.39, 0.29) is 35.2 Å². The summed E-state index contributed by atoms with van der Waals surface area (Å²) in [5.41, 5.74) is 2.30. The molecule has 0 bridgehead atoms. The van der Waals surface area contributed by atoms with Crippen LogP contribution in [0.2, 0.25) is 0 Å². The Balaban J connectivity index is 1.60. The van der Waals surface area contributed by atoms with E-state index in [1.807, 2.05) is 12.1 Å². The first-order valence-electron chi connectivity index (χ1n) is 11.7. The number of ketones is 1. The molecule has 0 aliphatic carbocycles. The molecule has 2 aliphatic heterocycles. The molecule has 0 saturated carbocycles. The molecule has 0 N–H and O–H groups in total. The fourth-order valence-electron chi connectivity index (χ4n) is 4.59. The predicted octanol–water partition coefficient (Wildman–Crippen LogP) is 4.69. The van der Waals surface area contributed by atoms with Crippen LogP contribution in [0.4, 0.5) is 0 Å². The van der Waals surface area contributed by atoms with Crippen LogP contribution in [0.15, 0.2) is 54.3 Å². The molecule has 9 nitrogen and oxygen atoms in total. The summed E-state index contributed by atoms with van der Waals surface area (Å²) in [4.78, 5) is 37.5. The quantitative estimate of drug-likeness (QED) is 0.262. The molecule has 3 aromatic carbocycles. The van der Waals surface area contributed by atoms with Gasteiger partial charge in [0.2, 0.25) is 11.5 Å². The summed E-state index contributed by atoms with van der Waals surface area (Å²) < 4.78 is 33.1. The van der Waals surface area contributed by atoms with Crippen LogP contribution in [0.25, 0.3) is 6.08 Å². The van der Waals surface area contributed by atoms with Crippen molar-refractivity contribution >= 4 is 23.8 Å². The maximum atomic E-state index is 13.3. The van der Waals surface area contributed by atoms with E-state index in [0.717, 1.165) is 5.56 Å². The van der Waals surface area contributed by atoms with Crippen LogP contribution in [0, 0.1) is 0 Å². The Bertz CT molecular complexity index is 1460. The number of hydrogen-bond donors (Lipinski definition) is 0. The number of ether oxygens (including phenoxy) is 6. The lowest BCUT2D eigenvalue weighted by Crippen LogP contribution is -2.21. The first-order chi connectivity index (χ1) is 18.3. The van der Waals surface area contributed by atoms with Gasteiger partial charge in [0.15, 0.2) is 17.3 Å². The third kappa shape index (κ3) is 4.43. The van der Waals surface area contributed by atoms with E-state index >= 15 is 0 Å². The number of Topliss-reactive ketones (excluding diaryl/α,β-unsaturated/α-hetero) is 1. The molecule has 38 heavy (non-hydrogen) atoms. The van der Waals surface area contributed by atoms with Crippen molar-refractivity contribution in [2.75, 3.05) is 21.3 Å². The maximum Gasteiger partial charge on any atom is 0.312 e. The molecule has 0 unspecified atom stereocenters. The highest BCUT2D eigenvalue weighted by Crippen LogP contribution is 2.51. The Hall–Kier alpha value is -4.79. The predicted molar refractivity (Wildman–Crippen MR) is 135 cm³/mol. The van der Waals surface area contributed by atoms with Gasteiger partial charge in [-0.2, -0.15) is 0 Å². The van der Waals surface area contributed by atoms with Crippen molar-refractivity contribution in [3.05, 3.63) is 76.5 Å². The monoisotopic (exact) mass is 516 g/mol.